The lowest BCUT2D eigenvalue weighted by molar-refractivity contribution is -0.138. The second-order valence-corrected chi connectivity index (χ2v) is 5.43. The molecule has 0 radical (unpaired) electrons. The Morgan fingerprint density at radius 3 is 2.40 bits per heavy atom. The summed E-state index contributed by atoms with van der Waals surface area (Å²) in [5.41, 5.74) is 6.19. The van der Waals surface area contributed by atoms with Gasteiger partial charge in [0.15, 0.2) is 0 Å². The Kier molecular flexibility index (Phi) is 5.78. The van der Waals surface area contributed by atoms with Gasteiger partial charge in [0, 0.05) is 13.1 Å². The number of halogens is 1. The molecule has 1 aromatic carbocycles. The second kappa shape index (κ2) is 6.91. The van der Waals surface area contributed by atoms with Crippen molar-refractivity contribution in [2.75, 3.05) is 13.1 Å². The first-order valence-corrected chi connectivity index (χ1v) is 6.82. The van der Waals surface area contributed by atoms with Crippen LogP contribution in [-0.4, -0.2) is 23.9 Å². The normalized spacial score (nSPS) is 18.8. The van der Waals surface area contributed by atoms with E-state index in [1.165, 1.54) is 0 Å². The van der Waals surface area contributed by atoms with Gasteiger partial charge in [-0.15, -0.1) is 19.0 Å². The van der Waals surface area contributed by atoms with Gasteiger partial charge < -0.3 is 10.6 Å². The Bertz CT molecular complexity index is 451. The fraction of sp³-hybridized carbons (Fsp3) is 0.438. The second-order valence-electron chi connectivity index (χ2n) is 5.43. The topological polar surface area (TPSA) is 46.3 Å². The van der Waals surface area contributed by atoms with Gasteiger partial charge in [-0.1, -0.05) is 36.4 Å². The minimum Gasteiger partial charge on any atom is -0.341 e. The number of nitrogens with zero attached hydrogens (tertiary/aromatic N) is 1. The number of allylic oxidation sites excluding steroid dienone is 1. The lowest BCUT2D eigenvalue weighted by Crippen LogP contribution is -2.52. The maximum Gasteiger partial charge on any atom is 0.246 e. The molecular weight excluding hydrogens is 272 g/mol. The van der Waals surface area contributed by atoms with Crippen molar-refractivity contribution in [3.05, 3.63) is 48.6 Å². The Morgan fingerprint density at radius 2 is 1.90 bits per heavy atom. The third-order valence-corrected chi connectivity index (χ3v) is 3.98. The van der Waals surface area contributed by atoms with E-state index in [9.17, 15) is 4.79 Å². The van der Waals surface area contributed by atoms with E-state index in [4.69, 9.17) is 5.73 Å². The van der Waals surface area contributed by atoms with E-state index in [1.807, 2.05) is 41.3 Å². The van der Waals surface area contributed by atoms with Crippen molar-refractivity contribution in [1.82, 2.24) is 4.90 Å². The molecule has 3 nitrogen and oxygen atoms in total. The molecule has 1 atom stereocenters. The molecule has 0 spiro atoms. The average molecular weight is 295 g/mol. The molecule has 1 aromatic rings. The van der Waals surface area contributed by atoms with Crippen LogP contribution in [0.5, 0.6) is 0 Å². The van der Waals surface area contributed by atoms with Gasteiger partial charge in [-0.05, 0) is 31.2 Å². The molecule has 0 aromatic heterocycles. The van der Waals surface area contributed by atoms with E-state index < -0.39 is 5.54 Å². The third kappa shape index (κ3) is 3.41. The van der Waals surface area contributed by atoms with E-state index in [-0.39, 0.29) is 18.3 Å². The van der Waals surface area contributed by atoms with E-state index >= 15 is 0 Å². The Morgan fingerprint density at radius 1 is 1.35 bits per heavy atom. The van der Waals surface area contributed by atoms with Crippen molar-refractivity contribution >= 4 is 18.3 Å². The summed E-state index contributed by atoms with van der Waals surface area (Å²) in [5.74, 6) is 0.547. The lowest BCUT2D eigenvalue weighted by atomic mass is 9.89. The number of likely N-dealkylation sites (tertiary alicyclic amines) is 1. The molecule has 1 fully saturated rings. The predicted octanol–water partition coefficient (Wildman–Crippen LogP) is 2.71. The summed E-state index contributed by atoms with van der Waals surface area (Å²) in [6, 6.07) is 9.58. The standard InChI is InChI=1S/C16H22N2O.ClH/c1-3-13-9-11-18(12-10-13)15(19)16(2,17)14-7-5-4-6-8-14;/h3-8,13H,1,9-12,17H2,2H3;1H. The zero-order valence-corrected chi connectivity index (χ0v) is 12.7. The highest BCUT2D eigenvalue weighted by atomic mass is 35.5. The van der Waals surface area contributed by atoms with Gasteiger partial charge >= 0.3 is 0 Å². The molecule has 1 unspecified atom stereocenters. The zero-order valence-electron chi connectivity index (χ0n) is 11.9. The molecular formula is C16H23ClN2O. The summed E-state index contributed by atoms with van der Waals surface area (Å²) in [6.45, 7) is 7.16. The number of benzene rings is 1. The molecule has 20 heavy (non-hydrogen) atoms. The van der Waals surface area contributed by atoms with Gasteiger partial charge in [0.25, 0.3) is 0 Å². The monoisotopic (exact) mass is 294 g/mol. The average Bonchev–Trinajstić information content (AvgIpc) is 2.47. The lowest BCUT2D eigenvalue weighted by Gasteiger charge is -2.36. The summed E-state index contributed by atoms with van der Waals surface area (Å²) in [6.07, 6.45) is 3.96. The van der Waals surface area contributed by atoms with Gasteiger partial charge in [-0.25, -0.2) is 0 Å². The van der Waals surface area contributed by atoms with Crippen LogP contribution in [0.4, 0.5) is 0 Å². The molecule has 0 aliphatic carbocycles. The number of hydrogen-bond donors (Lipinski definition) is 1. The third-order valence-electron chi connectivity index (χ3n) is 3.98. The Hall–Kier alpha value is -1.32. The van der Waals surface area contributed by atoms with E-state index in [2.05, 4.69) is 6.58 Å². The molecule has 0 bridgehead atoms. The summed E-state index contributed by atoms with van der Waals surface area (Å²) in [5, 5.41) is 0. The molecule has 1 aliphatic heterocycles. The maximum absolute atomic E-state index is 12.6. The summed E-state index contributed by atoms with van der Waals surface area (Å²) in [7, 11) is 0. The smallest absolute Gasteiger partial charge is 0.246 e. The van der Waals surface area contributed by atoms with E-state index in [1.54, 1.807) is 6.92 Å². The SMILES string of the molecule is C=CC1CCN(C(=O)C(C)(N)c2ccccc2)CC1.Cl. The highest BCUT2D eigenvalue weighted by Gasteiger charge is 2.35. The number of hydrogen-bond acceptors (Lipinski definition) is 2. The molecule has 2 rings (SSSR count). The van der Waals surface area contributed by atoms with Crippen molar-refractivity contribution < 1.29 is 4.79 Å². The van der Waals surface area contributed by atoms with Gasteiger partial charge in [0.1, 0.15) is 5.54 Å². The number of rotatable bonds is 3. The highest BCUT2D eigenvalue weighted by molar-refractivity contribution is 5.87. The zero-order chi connectivity index (χ0) is 13.9. The summed E-state index contributed by atoms with van der Waals surface area (Å²) < 4.78 is 0. The van der Waals surface area contributed by atoms with Crippen LogP contribution in [0.3, 0.4) is 0 Å². The maximum atomic E-state index is 12.6. The van der Waals surface area contributed by atoms with Crippen molar-refractivity contribution in [3.63, 3.8) is 0 Å². The van der Waals surface area contributed by atoms with Crippen LogP contribution in [0.1, 0.15) is 25.3 Å². The van der Waals surface area contributed by atoms with Crippen LogP contribution in [0.15, 0.2) is 43.0 Å². The summed E-state index contributed by atoms with van der Waals surface area (Å²) in [4.78, 5) is 14.5. The quantitative estimate of drug-likeness (QED) is 0.871. The number of nitrogens with two attached hydrogens (primary N) is 1. The highest BCUT2D eigenvalue weighted by Crippen LogP contribution is 2.24. The van der Waals surface area contributed by atoms with Gasteiger partial charge in [0.2, 0.25) is 5.91 Å². The minimum absolute atomic E-state index is 0. The van der Waals surface area contributed by atoms with Crippen LogP contribution in [0.2, 0.25) is 0 Å². The molecule has 0 saturated carbocycles. The van der Waals surface area contributed by atoms with E-state index in [0.717, 1.165) is 31.5 Å². The van der Waals surface area contributed by atoms with Crippen LogP contribution < -0.4 is 5.73 Å². The van der Waals surface area contributed by atoms with Crippen LogP contribution >= 0.6 is 12.4 Å². The van der Waals surface area contributed by atoms with Crippen molar-refractivity contribution in [2.24, 2.45) is 11.7 Å². The molecule has 1 aliphatic rings. The molecule has 2 N–H and O–H groups in total. The van der Waals surface area contributed by atoms with E-state index in [0.29, 0.717) is 5.92 Å². The molecule has 1 amide bonds. The predicted molar refractivity (Wildman–Crippen MR) is 84.7 cm³/mol. The van der Waals surface area contributed by atoms with Crippen molar-refractivity contribution in [3.8, 4) is 0 Å². The molecule has 4 heteroatoms. The largest absolute Gasteiger partial charge is 0.341 e. The summed E-state index contributed by atoms with van der Waals surface area (Å²) >= 11 is 0. The van der Waals surface area contributed by atoms with Gasteiger partial charge in [-0.3, -0.25) is 4.79 Å². The van der Waals surface area contributed by atoms with Crippen molar-refractivity contribution in [1.29, 1.82) is 0 Å². The number of piperidine rings is 1. The molecule has 1 saturated heterocycles. The van der Waals surface area contributed by atoms with Crippen LogP contribution in [0, 0.1) is 5.92 Å². The Balaban J connectivity index is 0.00000200. The Labute approximate surface area is 127 Å². The first kappa shape index (κ1) is 16.7. The number of carbonyl (C=O) groups is 1. The van der Waals surface area contributed by atoms with Crippen LogP contribution in [-0.2, 0) is 10.3 Å². The fourth-order valence-corrected chi connectivity index (χ4v) is 2.57. The van der Waals surface area contributed by atoms with Gasteiger partial charge in [0.05, 0.1) is 0 Å². The number of amides is 1. The van der Waals surface area contributed by atoms with Crippen LogP contribution in [0.25, 0.3) is 0 Å². The number of carbonyl (C=O) groups excluding carboxylic acids is 1. The fourth-order valence-electron chi connectivity index (χ4n) is 2.57. The molecule has 1 heterocycles. The van der Waals surface area contributed by atoms with Crippen molar-refractivity contribution in [2.45, 2.75) is 25.3 Å². The first-order chi connectivity index (χ1) is 9.05. The van der Waals surface area contributed by atoms with Gasteiger partial charge in [-0.2, -0.15) is 0 Å². The molecule has 110 valence electrons. The first-order valence-electron chi connectivity index (χ1n) is 6.82. The minimum atomic E-state index is -0.942.